The maximum atomic E-state index is 11.9. The lowest BCUT2D eigenvalue weighted by Crippen LogP contribution is -2.37. The Kier molecular flexibility index (Phi) is 5.60. The first kappa shape index (κ1) is 15.8. The zero-order valence-corrected chi connectivity index (χ0v) is 12.7. The average Bonchev–Trinajstić information content (AvgIpc) is 2.75. The number of aromatic nitrogens is 1. The molecule has 0 saturated heterocycles. The van der Waals surface area contributed by atoms with Crippen LogP contribution in [-0.4, -0.2) is 16.5 Å². The lowest BCUT2D eigenvalue weighted by atomic mass is 10.00. The molecule has 0 aliphatic rings. The summed E-state index contributed by atoms with van der Waals surface area (Å²) in [5, 5.41) is 3.00. The highest BCUT2D eigenvalue weighted by molar-refractivity contribution is 5.76. The minimum absolute atomic E-state index is 0.0268. The minimum atomic E-state index is 0.0268. The van der Waals surface area contributed by atoms with E-state index in [1.165, 1.54) is 0 Å². The van der Waals surface area contributed by atoms with Crippen LogP contribution in [0.25, 0.3) is 0 Å². The maximum absolute atomic E-state index is 11.9. The molecule has 19 heavy (non-hydrogen) atoms. The Morgan fingerprint density at radius 2 is 1.89 bits per heavy atom. The molecule has 1 aromatic heterocycles. The third-order valence-corrected chi connectivity index (χ3v) is 3.59. The number of carbonyl (C=O) groups is 1. The first-order chi connectivity index (χ1) is 8.81. The SMILES string of the molecule is CC(C)C(C)NC(=O)Cn1ccc(C(N)C(C)C)c1. The largest absolute Gasteiger partial charge is 0.352 e. The summed E-state index contributed by atoms with van der Waals surface area (Å²) in [4.78, 5) is 11.9. The Hall–Kier alpha value is -1.29. The summed E-state index contributed by atoms with van der Waals surface area (Å²) in [7, 11) is 0. The number of hydrogen-bond acceptors (Lipinski definition) is 2. The van der Waals surface area contributed by atoms with Crippen molar-refractivity contribution >= 4 is 5.91 Å². The summed E-state index contributed by atoms with van der Waals surface area (Å²) in [6.45, 7) is 10.8. The van der Waals surface area contributed by atoms with E-state index in [-0.39, 0.29) is 18.0 Å². The molecule has 4 heteroatoms. The number of amides is 1. The van der Waals surface area contributed by atoms with Gasteiger partial charge in [0.25, 0.3) is 0 Å². The van der Waals surface area contributed by atoms with Gasteiger partial charge in [-0.2, -0.15) is 0 Å². The van der Waals surface area contributed by atoms with Crippen LogP contribution in [0.2, 0.25) is 0 Å². The van der Waals surface area contributed by atoms with Crippen molar-refractivity contribution in [3.63, 3.8) is 0 Å². The summed E-state index contributed by atoms with van der Waals surface area (Å²) >= 11 is 0. The highest BCUT2D eigenvalue weighted by Gasteiger charge is 2.14. The second kappa shape index (κ2) is 6.75. The van der Waals surface area contributed by atoms with Crippen LogP contribution in [0.1, 0.15) is 46.2 Å². The average molecular weight is 265 g/mol. The van der Waals surface area contributed by atoms with Gasteiger partial charge in [0.05, 0.1) is 0 Å². The molecule has 2 unspecified atom stereocenters. The number of rotatable bonds is 6. The molecule has 4 nitrogen and oxygen atoms in total. The monoisotopic (exact) mass is 265 g/mol. The lowest BCUT2D eigenvalue weighted by Gasteiger charge is -2.17. The van der Waals surface area contributed by atoms with Gasteiger partial charge in [-0.1, -0.05) is 27.7 Å². The smallest absolute Gasteiger partial charge is 0.240 e. The summed E-state index contributed by atoms with van der Waals surface area (Å²) in [5.41, 5.74) is 7.17. The second-order valence-electron chi connectivity index (χ2n) is 5.99. The van der Waals surface area contributed by atoms with Crippen LogP contribution in [-0.2, 0) is 11.3 Å². The van der Waals surface area contributed by atoms with E-state index in [0.29, 0.717) is 18.4 Å². The Morgan fingerprint density at radius 1 is 1.26 bits per heavy atom. The molecular formula is C15H27N3O. The summed E-state index contributed by atoms with van der Waals surface area (Å²) in [5.74, 6) is 0.880. The zero-order valence-electron chi connectivity index (χ0n) is 12.7. The number of nitrogens with zero attached hydrogens (tertiary/aromatic N) is 1. The van der Waals surface area contributed by atoms with Crippen LogP contribution < -0.4 is 11.1 Å². The molecule has 1 heterocycles. The third-order valence-electron chi connectivity index (χ3n) is 3.59. The second-order valence-corrected chi connectivity index (χ2v) is 5.99. The molecule has 3 N–H and O–H groups in total. The topological polar surface area (TPSA) is 60.0 Å². The fraction of sp³-hybridized carbons (Fsp3) is 0.667. The van der Waals surface area contributed by atoms with Gasteiger partial charge in [-0.25, -0.2) is 0 Å². The number of carbonyl (C=O) groups excluding carboxylic acids is 1. The number of nitrogens with one attached hydrogen (secondary N) is 1. The van der Waals surface area contributed by atoms with E-state index < -0.39 is 0 Å². The first-order valence-electron chi connectivity index (χ1n) is 7.02. The third kappa shape index (κ3) is 4.71. The van der Waals surface area contributed by atoms with Crippen molar-refractivity contribution in [1.29, 1.82) is 0 Å². The van der Waals surface area contributed by atoms with Crippen LogP contribution in [0, 0.1) is 11.8 Å². The Labute approximate surface area is 116 Å². The maximum Gasteiger partial charge on any atom is 0.240 e. The van der Waals surface area contributed by atoms with Crippen molar-refractivity contribution in [3.05, 3.63) is 24.0 Å². The highest BCUT2D eigenvalue weighted by Crippen LogP contribution is 2.18. The van der Waals surface area contributed by atoms with E-state index >= 15 is 0 Å². The van der Waals surface area contributed by atoms with Crippen LogP contribution in [0.15, 0.2) is 18.5 Å². The van der Waals surface area contributed by atoms with Gasteiger partial charge in [-0.15, -0.1) is 0 Å². The molecule has 108 valence electrons. The Bertz CT molecular complexity index is 409. The van der Waals surface area contributed by atoms with Crippen molar-refractivity contribution in [2.45, 2.75) is 53.2 Å². The minimum Gasteiger partial charge on any atom is -0.352 e. The van der Waals surface area contributed by atoms with E-state index in [9.17, 15) is 4.79 Å². The van der Waals surface area contributed by atoms with Gasteiger partial charge >= 0.3 is 0 Å². The van der Waals surface area contributed by atoms with Crippen LogP contribution in [0.4, 0.5) is 0 Å². The fourth-order valence-electron chi connectivity index (χ4n) is 1.77. The normalized spacial score (nSPS) is 14.7. The van der Waals surface area contributed by atoms with E-state index in [0.717, 1.165) is 5.56 Å². The standard InChI is InChI=1S/C15H27N3O/c1-10(2)12(5)17-14(19)9-18-7-6-13(8-18)15(16)11(3)4/h6-8,10-12,15H,9,16H2,1-5H3,(H,17,19). The molecule has 0 radical (unpaired) electrons. The van der Waals surface area contributed by atoms with Crippen molar-refractivity contribution < 1.29 is 4.79 Å². The van der Waals surface area contributed by atoms with Crippen LogP contribution >= 0.6 is 0 Å². The van der Waals surface area contributed by atoms with Crippen LogP contribution in [0.3, 0.4) is 0 Å². The highest BCUT2D eigenvalue weighted by atomic mass is 16.2. The summed E-state index contributed by atoms with van der Waals surface area (Å²) < 4.78 is 1.89. The molecular weight excluding hydrogens is 238 g/mol. The molecule has 0 aliphatic carbocycles. The molecule has 2 atom stereocenters. The van der Waals surface area contributed by atoms with Gasteiger partial charge in [0, 0.05) is 24.5 Å². The van der Waals surface area contributed by atoms with Crippen molar-refractivity contribution in [3.8, 4) is 0 Å². The summed E-state index contributed by atoms with van der Waals surface area (Å²) in [6.07, 6.45) is 3.88. The molecule has 0 spiro atoms. The van der Waals surface area contributed by atoms with Gasteiger partial charge in [0.15, 0.2) is 0 Å². The molecule has 1 aromatic rings. The van der Waals surface area contributed by atoms with E-state index in [4.69, 9.17) is 5.73 Å². The van der Waals surface area contributed by atoms with E-state index in [1.807, 2.05) is 30.0 Å². The van der Waals surface area contributed by atoms with Gasteiger partial charge in [0.1, 0.15) is 6.54 Å². The number of hydrogen-bond donors (Lipinski definition) is 2. The van der Waals surface area contributed by atoms with Crippen molar-refractivity contribution in [1.82, 2.24) is 9.88 Å². The lowest BCUT2D eigenvalue weighted by molar-refractivity contribution is -0.122. The predicted octanol–water partition coefficient (Wildman–Crippen LogP) is 2.30. The van der Waals surface area contributed by atoms with Gasteiger partial charge in [-0.05, 0) is 30.4 Å². The fourth-order valence-corrected chi connectivity index (χ4v) is 1.77. The van der Waals surface area contributed by atoms with Gasteiger partial charge in [0.2, 0.25) is 5.91 Å². The van der Waals surface area contributed by atoms with E-state index in [1.54, 1.807) is 0 Å². The van der Waals surface area contributed by atoms with Gasteiger partial charge in [-0.3, -0.25) is 4.79 Å². The Morgan fingerprint density at radius 3 is 2.42 bits per heavy atom. The predicted molar refractivity (Wildman–Crippen MR) is 78.6 cm³/mol. The quantitative estimate of drug-likeness (QED) is 0.829. The summed E-state index contributed by atoms with van der Waals surface area (Å²) in [6, 6.07) is 2.21. The Balaban J connectivity index is 2.56. The molecule has 0 saturated carbocycles. The number of nitrogens with two attached hydrogens (primary N) is 1. The van der Waals surface area contributed by atoms with Crippen molar-refractivity contribution in [2.24, 2.45) is 17.6 Å². The molecule has 0 fully saturated rings. The first-order valence-corrected chi connectivity index (χ1v) is 7.02. The van der Waals surface area contributed by atoms with Crippen LogP contribution in [0.5, 0.6) is 0 Å². The zero-order chi connectivity index (χ0) is 14.6. The molecule has 1 rings (SSSR count). The molecule has 1 amide bonds. The molecule has 0 bridgehead atoms. The molecule has 0 aromatic carbocycles. The van der Waals surface area contributed by atoms with Crippen molar-refractivity contribution in [2.75, 3.05) is 0 Å². The van der Waals surface area contributed by atoms with E-state index in [2.05, 4.69) is 33.0 Å². The molecule has 0 aliphatic heterocycles. The van der Waals surface area contributed by atoms with Gasteiger partial charge < -0.3 is 15.6 Å².